The topological polar surface area (TPSA) is 50.7 Å². The molecule has 0 aromatic heterocycles. The monoisotopic (exact) mass is 207 g/mol. The summed E-state index contributed by atoms with van der Waals surface area (Å²) in [5, 5.41) is 14.8. The second kappa shape index (κ2) is 7.58. The summed E-state index contributed by atoms with van der Waals surface area (Å²) >= 11 is 1.11. The third-order valence-electron chi connectivity index (χ3n) is 2.30. The lowest BCUT2D eigenvalue weighted by Gasteiger charge is -2.22. The number of hydrogen-bond acceptors (Lipinski definition) is 5. The molecule has 5 heteroatoms. The van der Waals surface area contributed by atoms with Gasteiger partial charge in [0.05, 0.1) is 0 Å². The predicted octanol–water partition coefficient (Wildman–Crippen LogP) is 1.98. The van der Waals surface area contributed by atoms with Gasteiger partial charge in [-0.3, -0.25) is 0 Å². The summed E-state index contributed by atoms with van der Waals surface area (Å²) in [5.74, 6) is 0.789. The van der Waals surface area contributed by atoms with E-state index >= 15 is 0 Å². The van der Waals surface area contributed by atoms with E-state index in [0.29, 0.717) is 6.04 Å². The fourth-order valence-corrected chi connectivity index (χ4v) is 1.98. The van der Waals surface area contributed by atoms with Crippen LogP contribution in [0.15, 0.2) is 0 Å². The quantitative estimate of drug-likeness (QED) is 0.302. The van der Waals surface area contributed by atoms with Crippen LogP contribution >= 0.6 is 12.0 Å². The van der Waals surface area contributed by atoms with Crippen LogP contribution in [0.5, 0.6) is 0 Å². The highest BCUT2D eigenvalue weighted by molar-refractivity contribution is 7.94. The number of nitrogens with one attached hydrogen (secondary N) is 1. The van der Waals surface area contributed by atoms with Gasteiger partial charge in [-0.25, -0.2) is 5.26 Å². The molecule has 2 N–H and O–H groups in total. The van der Waals surface area contributed by atoms with Crippen LogP contribution in [0, 0.1) is 0 Å². The summed E-state index contributed by atoms with van der Waals surface area (Å²) in [7, 11) is 0. The fourth-order valence-electron chi connectivity index (χ4n) is 1.67. The Kier molecular flexibility index (Phi) is 6.57. The Morgan fingerprint density at radius 2 is 2.08 bits per heavy atom. The van der Waals surface area contributed by atoms with Gasteiger partial charge in [0.15, 0.2) is 0 Å². The molecule has 0 aliphatic heterocycles. The van der Waals surface area contributed by atoms with Crippen LogP contribution in [0.4, 0.5) is 0 Å². The van der Waals surface area contributed by atoms with Crippen molar-refractivity contribution in [3.8, 4) is 0 Å². The van der Waals surface area contributed by atoms with Crippen molar-refractivity contribution >= 4 is 12.0 Å². The van der Waals surface area contributed by atoms with Gasteiger partial charge in [0, 0.05) is 30.4 Å². The van der Waals surface area contributed by atoms with Crippen molar-refractivity contribution in [1.29, 1.82) is 0 Å². The van der Waals surface area contributed by atoms with Gasteiger partial charge in [-0.1, -0.05) is 24.3 Å². The standard InChI is InChI=1S/C8H17NO3S/c10-11-12-13-7-6-9-8-4-2-1-3-5-8/h8-10H,1-7H2. The highest BCUT2D eigenvalue weighted by Crippen LogP contribution is 2.17. The molecule has 1 aliphatic carbocycles. The van der Waals surface area contributed by atoms with Gasteiger partial charge in [-0.15, -0.1) is 4.33 Å². The lowest BCUT2D eigenvalue weighted by atomic mass is 9.96. The summed E-state index contributed by atoms with van der Waals surface area (Å²) in [4.78, 5) is 0. The molecule has 0 radical (unpaired) electrons. The third-order valence-corrected chi connectivity index (χ3v) is 2.83. The van der Waals surface area contributed by atoms with Crippen LogP contribution in [-0.4, -0.2) is 23.6 Å². The molecule has 0 bridgehead atoms. The molecule has 0 spiro atoms. The van der Waals surface area contributed by atoms with Crippen LogP contribution in [-0.2, 0) is 9.37 Å². The lowest BCUT2D eigenvalue weighted by Crippen LogP contribution is -2.32. The molecule has 0 aromatic rings. The second-order valence-electron chi connectivity index (χ2n) is 3.25. The highest BCUT2D eigenvalue weighted by Gasteiger charge is 2.11. The fraction of sp³-hybridized carbons (Fsp3) is 1.00. The Labute approximate surface area is 83.0 Å². The van der Waals surface area contributed by atoms with Crippen molar-refractivity contribution in [1.82, 2.24) is 5.32 Å². The summed E-state index contributed by atoms with van der Waals surface area (Å²) in [5.41, 5.74) is 0. The first-order chi connectivity index (χ1) is 6.43. The minimum absolute atomic E-state index is 0.685. The van der Waals surface area contributed by atoms with E-state index in [1.165, 1.54) is 32.1 Å². The molecule has 78 valence electrons. The summed E-state index contributed by atoms with van der Waals surface area (Å²) < 4.78 is 4.26. The van der Waals surface area contributed by atoms with Gasteiger partial charge in [-0.05, 0) is 12.8 Å². The zero-order valence-corrected chi connectivity index (χ0v) is 8.52. The Morgan fingerprint density at radius 3 is 2.77 bits per heavy atom. The molecule has 1 aliphatic rings. The smallest absolute Gasteiger partial charge is 0.0359 e. The van der Waals surface area contributed by atoms with E-state index in [2.05, 4.69) is 14.7 Å². The van der Waals surface area contributed by atoms with Crippen molar-refractivity contribution in [2.75, 3.05) is 12.3 Å². The molecule has 0 saturated heterocycles. The van der Waals surface area contributed by atoms with Crippen molar-refractivity contribution in [3.63, 3.8) is 0 Å². The van der Waals surface area contributed by atoms with Gasteiger partial charge in [0.25, 0.3) is 0 Å². The van der Waals surface area contributed by atoms with E-state index in [4.69, 9.17) is 5.26 Å². The Balaban J connectivity index is 1.86. The van der Waals surface area contributed by atoms with E-state index in [-0.39, 0.29) is 0 Å². The first-order valence-corrected chi connectivity index (χ1v) is 5.67. The molecule has 0 unspecified atom stereocenters. The average molecular weight is 207 g/mol. The van der Waals surface area contributed by atoms with Gasteiger partial charge in [0.2, 0.25) is 0 Å². The largest absolute Gasteiger partial charge is 0.313 e. The molecule has 0 heterocycles. The molecule has 1 saturated carbocycles. The van der Waals surface area contributed by atoms with Crippen LogP contribution < -0.4 is 5.32 Å². The van der Waals surface area contributed by atoms with Crippen molar-refractivity contribution < 1.29 is 14.6 Å². The second-order valence-corrected chi connectivity index (χ2v) is 4.03. The van der Waals surface area contributed by atoms with Gasteiger partial charge < -0.3 is 5.32 Å². The molecule has 4 nitrogen and oxygen atoms in total. The maximum Gasteiger partial charge on any atom is 0.0359 e. The molecule has 13 heavy (non-hydrogen) atoms. The van der Waals surface area contributed by atoms with Gasteiger partial charge >= 0.3 is 0 Å². The first kappa shape index (κ1) is 11.3. The summed E-state index contributed by atoms with van der Waals surface area (Å²) in [6, 6.07) is 0.685. The Hall–Kier alpha value is 0.190. The first-order valence-electron chi connectivity index (χ1n) is 4.76. The third kappa shape index (κ3) is 5.49. The van der Waals surface area contributed by atoms with E-state index in [1.807, 2.05) is 0 Å². The molecule has 0 amide bonds. The molecule has 0 aromatic carbocycles. The van der Waals surface area contributed by atoms with E-state index < -0.39 is 0 Å². The highest BCUT2D eigenvalue weighted by atomic mass is 32.2. The van der Waals surface area contributed by atoms with E-state index in [0.717, 1.165) is 24.3 Å². The lowest BCUT2D eigenvalue weighted by molar-refractivity contribution is -0.432. The number of rotatable bonds is 6. The molecular weight excluding hydrogens is 190 g/mol. The van der Waals surface area contributed by atoms with Crippen molar-refractivity contribution in [3.05, 3.63) is 0 Å². The summed E-state index contributed by atoms with van der Waals surface area (Å²) in [6.45, 7) is 0.901. The molecule has 1 fully saturated rings. The van der Waals surface area contributed by atoms with Crippen LogP contribution in [0.1, 0.15) is 32.1 Å². The molecule has 0 atom stereocenters. The van der Waals surface area contributed by atoms with Crippen LogP contribution in [0.25, 0.3) is 0 Å². The molecule has 1 rings (SSSR count). The summed E-state index contributed by atoms with van der Waals surface area (Å²) in [6.07, 6.45) is 6.67. The molecular formula is C8H17NO3S. The Morgan fingerprint density at radius 1 is 1.31 bits per heavy atom. The van der Waals surface area contributed by atoms with Crippen LogP contribution in [0.3, 0.4) is 0 Å². The minimum Gasteiger partial charge on any atom is -0.313 e. The zero-order valence-electron chi connectivity index (χ0n) is 7.70. The van der Waals surface area contributed by atoms with Crippen molar-refractivity contribution in [2.24, 2.45) is 0 Å². The SMILES string of the molecule is OOOSCCNC1CCCCC1. The van der Waals surface area contributed by atoms with E-state index in [9.17, 15) is 0 Å². The van der Waals surface area contributed by atoms with Gasteiger partial charge in [0.1, 0.15) is 0 Å². The zero-order chi connectivity index (χ0) is 9.36. The normalized spacial score (nSPS) is 19.2. The van der Waals surface area contributed by atoms with E-state index in [1.54, 1.807) is 0 Å². The van der Waals surface area contributed by atoms with Crippen LogP contribution in [0.2, 0.25) is 0 Å². The maximum absolute atomic E-state index is 7.85. The maximum atomic E-state index is 7.85. The number of hydrogen-bond donors (Lipinski definition) is 2. The minimum atomic E-state index is 0.685. The van der Waals surface area contributed by atoms with Crippen molar-refractivity contribution in [2.45, 2.75) is 38.1 Å². The average Bonchev–Trinajstić information content (AvgIpc) is 2.19. The Bertz CT molecular complexity index is 120. The predicted molar refractivity (Wildman–Crippen MR) is 52.1 cm³/mol. The van der Waals surface area contributed by atoms with Gasteiger partial charge in [-0.2, -0.15) is 0 Å².